The van der Waals surface area contributed by atoms with Gasteiger partial charge >= 0.3 is 0 Å². The molecule has 0 spiro atoms. The van der Waals surface area contributed by atoms with Crippen LogP contribution in [0.2, 0.25) is 18.1 Å². The lowest BCUT2D eigenvalue weighted by atomic mass is 9.88. The lowest BCUT2D eigenvalue weighted by Gasteiger charge is -2.36. The molecule has 2 nitrogen and oxygen atoms in total. The van der Waals surface area contributed by atoms with E-state index in [0.29, 0.717) is 5.92 Å². The van der Waals surface area contributed by atoms with Crippen LogP contribution in [0.1, 0.15) is 49.8 Å². The quantitative estimate of drug-likeness (QED) is 0.320. The smallest absolute Gasteiger partial charge is 0.191 e. The number of benzene rings is 3. The maximum absolute atomic E-state index is 6.33. The van der Waals surface area contributed by atoms with Crippen molar-refractivity contribution in [1.82, 2.24) is 0 Å². The van der Waals surface area contributed by atoms with E-state index in [0.717, 1.165) is 26.0 Å². The van der Waals surface area contributed by atoms with Gasteiger partial charge in [0, 0.05) is 24.8 Å². The van der Waals surface area contributed by atoms with Crippen molar-refractivity contribution in [3.63, 3.8) is 0 Å². The van der Waals surface area contributed by atoms with E-state index in [1.807, 2.05) is 0 Å². The molecule has 1 N–H and O–H groups in total. The molecule has 3 heteroatoms. The molecule has 0 fully saturated rings. The highest BCUT2D eigenvalue weighted by Crippen LogP contribution is 2.36. The zero-order chi connectivity index (χ0) is 23.0. The zero-order valence-corrected chi connectivity index (χ0v) is 21.4. The fraction of sp³-hybridized carbons (Fsp3) is 0.379. The van der Waals surface area contributed by atoms with Crippen molar-refractivity contribution >= 4 is 14.0 Å². The van der Waals surface area contributed by atoms with Crippen molar-refractivity contribution in [2.45, 2.75) is 57.7 Å². The summed E-state index contributed by atoms with van der Waals surface area (Å²) < 4.78 is 6.33. The van der Waals surface area contributed by atoms with Gasteiger partial charge in [-0.05, 0) is 59.8 Å². The Hall–Kier alpha value is -2.36. The number of nitrogens with one attached hydrogen (secondary N) is 1. The van der Waals surface area contributed by atoms with Crippen molar-refractivity contribution < 1.29 is 4.43 Å². The second kappa shape index (κ2) is 11.0. The molecule has 3 aromatic carbocycles. The van der Waals surface area contributed by atoms with Gasteiger partial charge in [-0.1, -0.05) is 93.6 Å². The first kappa shape index (κ1) is 24.3. The van der Waals surface area contributed by atoms with Gasteiger partial charge < -0.3 is 9.74 Å². The molecule has 0 heterocycles. The lowest BCUT2D eigenvalue weighted by molar-refractivity contribution is 0.292. The number of rotatable bonds is 10. The standard InChI is InChI=1S/C29H39NOSi/c1-29(2,3)32(4,5)31-23-21-24-16-18-27(19-17-24)30-22-20-28(25-12-8-6-9-13-25)26-14-10-7-11-15-26/h6-19,28,30H,20-23H2,1-5H3. The first-order valence-corrected chi connectivity index (χ1v) is 14.7. The minimum absolute atomic E-state index is 0.262. The molecule has 32 heavy (non-hydrogen) atoms. The molecule has 3 aromatic rings. The molecule has 0 amide bonds. The van der Waals surface area contributed by atoms with Crippen molar-refractivity contribution in [3.8, 4) is 0 Å². The first-order chi connectivity index (χ1) is 15.3. The normalized spacial score (nSPS) is 12.2. The first-order valence-electron chi connectivity index (χ1n) is 11.8. The van der Waals surface area contributed by atoms with Gasteiger partial charge in [0.1, 0.15) is 0 Å². The second-order valence-electron chi connectivity index (χ2n) is 10.1. The average molecular weight is 446 g/mol. The van der Waals surface area contributed by atoms with Gasteiger partial charge in [0.05, 0.1) is 0 Å². The van der Waals surface area contributed by atoms with Gasteiger partial charge in [0.15, 0.2) is 8.32 Å². The van der Waals surface area contributed by atoms with Crippen LogP contribution in [0.5, 0.6) is 0 Å². The summed E-state index contributed by atoms with van der Waals surface area (Å²) in [5.41, 5.74) is 5.26. The van der Waals surface area contributed by atoms with Crippen LogP contribution >= 0.6 is 0 Å². The summed E-state index contributed by atoms with van der Waals surface area (Å²) >= 11 is 0. The van der Waals surface area contributed by atoms with E-state index in [9.17, 15) is 0 Å². The Morgan fingerprint density at radius 3 is 1.81 bits per heavy atom. The van der Waals surface area contributed by atoms with E-state index in [1.54, 1.807) is 0 Å². The molecule has 0 aliphatic heterocycles. The molecule has 0 unspecified atom stereocenters. The zero-order valence-electron chi connectivity index (χ0n) is 20.4. The maximum atomic E-state index is 6.33. The number of hydrogen-bond acceptors (Lipinski definition) is 2. The van der Waals surface area contributed by atoms with Crippen LogP contribution < -0.4 is 5.32 Å². The fourth-order valence-electron chi connectivity index (χ4n) is 3.69. The molecule has 0 bridgehead atoms. The third-order valence-electron chi connectivity index (χ3n) is 6.78. The van der Waals surface area contributed by atoms with Crippen LogP contribution in [0.15, 0.2) is 84.9 Å². The summed E-state index contributed by atoms with van der Waals surface area (Å²) in [6, 6.07) is 30.5. The summed E-state index contributed by atoms with van der Waals surface area (Å²) in [5, 5.41) is 3.88. The van der Waals surface area contributed by atoms with Crippen LogP contribution in [0.25, 0.3) is 0 Å². The van der Waals surface area contributed by atoms with E-state index in [4.69, 9.17) is 4.43 Å². The van der Waals surface area contributed by atoms with Crippen LogP contribution in [0.4, 0.5) is 5.69 Å². The van der Waals surface area contributed by atoms with Crippen LogP contribution in [-0.4, -0.2) is 21.5 Å². The molecule has 0 atom stereocenters. The highest BCUT2D eigenvalue weighted by molar-refractivity contribution is 6.74. The molecular formula is C29H39NOSi. The van der Waals surface area contributed by atoms with Gasteiger partial charge in [-0.3, -0.25) is 0 Å². The predicted molar refractivity (Wildman–Crippen MR) is 141 cm³/mol. The van der Waals surface area contributed by atoms with Crippen LogP contribution in [0, 0.1) is 0 Å². The third-order valence-corrected chi connectivity index (χ3v) is 11.3. The van der Waals surface area contributed by atoms with Crippen molar-refractivity contribution in [3.05, 3.63) is 102 Å². The Morgan fingerprint density at radius 1 is 0.781 bits per heavy atom. The van der Waals surface area contributed by atoms with Crippen LogP contribution in [0.3, 0.4) is 0 Å². The third kappa shape index (κ3) is 6.82. The summed E-state index contributed by atoms with van der Waals surface area (Å²) in [6.45, 7) is 13.2. The molecule has 0 aliphatic rings. The lowest BCUT2D eigenvalue weighted by Crippen LogP contribution is -2.41. The highest BCUT2D eigenvalue weighted by Gasteiger charge is 2.36. The van der Waals surface area contributed by atoms with Crippen LogP contribution in [-0.2, 0) is 10.8 Å². The Kier molecular flexibility index (Phi) is 8.33. The molecule has 170 valence electrons. The maximum Gasteiger partial charge on any atom is 0.191 e. The predicted octanol–water partition coefficient (Wildman–Crippen LogP) is 7.89. The van der Waals surface area contributed by atoms with E-state index in [1.165, 1.54) is 22.4 Å². The minimum Gasteiger partial charge on any atom is -0.416 e. The fourth-order valence-corrected chi connectivity index (χ4v) is 4.73. The Labute approximate surface area is 196 Å². The average Bonchev–Trinajstić information content (AvgIpc) is 2.78. The minimum atomic E-state index is -1.67. The van der Waals surface area contributed by atoms with Gasteiger partial charge in [-0.2, -0.15) is 0 Å². The molecule has 0 saturated carbocycles. The Balaban J connectivity index is 1.52. The van der Waals surface area contributed by atoms with E-state index < -0.39 is 8.32 Å². The summed E-state index contributed by atoms with van der Waals surface area (Å²) in [4.78, 5) is 0. The largest absolute Gasteiger partial charge is 0.416 e. The van der Waals surface area contributed by atoms with E-state index >= 15 is 0 Å². The van der Waals surface area contributed by atoms with E-state index in [2.05, 4.69) is 124 Å². The Bertz CT molecular complexity index is 891. The molecule has 0 saturated heterocycles. The highest BCUT2D eigenvalue weighted by atomic mass is 28.4. The van der Waals surface area contributed by atoms with Crippen molar-refractivity contribution in [2.24, 2.45) is 0 Å². The summed E-state index contributed by atoms with van der Waals surface area (Å²) in [6.07, 6.45) is 2.02. The summed E-state index contributed by atoms with van der Waals surface area (Å²) in [5.74, 6) is 0.400. The van der Waals surface area contributed by atoms with Gasteiger partial charge in [-0.25, -0.2) is 0 Å². The number of anilines is 1. The molecular weight excluding hydrogens is 406 g/mol. The van der Waals surface area contributed by atoms with Gasteiger partial charge in [0.2, 0.25) is 0 Å². The van der Waals surface area contributed by atoms with Crippen molar-refractivity contribution in [2.75, 3.05) is 18.5 Å². The van der Waals surface area contributed by atoms with Crippen molar-refractivity contribution in [1.29, 1.82) is 0 Å². The van der Waals surface area contributed by atoms with Gasteiger partial charge in [0.25, 0.3) is 0 Å². The number of hydrogen-bond donors (Lipinski definition) is 1. The molecule has 0 aromatic heterocycles. The topological polar surface area (TPSA) is 21.3 Å². The summed E-state index contributed by atoms with van der Waals surface area (Å²) in [7, 11) is -1.67. The SMILES string of the molecule is CC(C)(C)[Si](C)(C)OCCc1ccc(NCCC(c2ccccc2)c2ccccc2)cc1. The second-order valence-corrected chi connectivity index (χ2v) is 15.0. The molecule has 3 rings (SSSR count). The van der Waals surface area contributed by atoms with E-state index in [-0.39, 0.29) is 5.04 Å². The molecule has 0 radical (unpaired) electrons. The Morgan fingerprint density at radius 2 is 1.31 bits per heavy atom. The monoisotopic (exact) mass is 445 g/mol. The van der Waals surface area contributed by atoms with Gasteiger partial charge in [-0.15, -0.1) is 0 Å². The molecule has 0 aliphatic carbocycles.